The maximum atomic E-state index is 14.3. The van der Waals surface area contributed by atoms with Gasteiger partial charge < -0.3 is 4.90 Å². The van der Waals surface area contributed by atoms with Gasteiger partial charge in [-0.25, -0.2) is 12.8 Å². The number of carbonyl (C=O) groups excluding carboxylic acids is 1. The fourth-order valence-corrected chi connectivity index (χ4v) is 4.75. The van der Waals surface area contributed by atoms with Crippen LogP contribution in [0.15, 0.2) is 48.5 Å². The van der Waals surface area contributed by atoms with Crippen LogP contribution in [0.4, 0.5) is 10.1 Å². The van der Waals surface area contributed by atoms with E-state index in [0.717, 1.165) is 22.5 Å². The maximum absolute atomic E-state index is 14.3. The van der Waals surface area contributed by atoms with E-state index in [2.05, 4.69) is 0 Å². The molecule has 0 saturated carbocycles. The molecule has 2 aromatic rings. The summed E-state index contributed by atoms with van der Waals surface area (Å²) in [6, 6.07) is 12.6. The summed E-state index contributed by atoms with van der Waals surface area (Å²) < 4.78 is 40.2. The fourth-order valence-electron chi connectivity index (χ4n) is 3.54. The van der Waals surface area contributed by atoms with Gasteiger partial charge in [0.15, 0.2) is 0 Å². The predicted molar refractivity (Wildman–Crippen MR) is 103 cm³/mol. The highest BCUT2D eigenvalue weighted by Gasteiger charge is 2.36. The van der Waals surface area contributed by atoms with Crippen molar-refractivity contribution in [3.8, 4) is 0 Å². The molecule has 1 aliphatic heterocycles. The van der Waals surface area contributed by atoms with Crippen LogP contribution in [0.3, 0.4) is 0 Å². The third-order valence-corrected chi connectivity index (χ3v) is 6.01. The molecule has 0 radical (unpaired) electrons. The van der Waals surface area contributed by atoms with Crippen LogP contribution in [0.25, 0.3) is 0 Å². The lowest BCUT2D eigenvalue weighted by Crippen LogP contribution is -2.52. The van der Waals surface area contributed by atoms with Crippen molar-refractivity contribution in [1.29, 1.82) is 0 Å². The van der Waals surface area contributed by atoms with Gasteiger partial charge in [0.05, 0.1) is 11.9 Å². The Hall–Kier alpha value is -2.41. The second-order valence-corrected chi connectivity index (χ2v) is 8.57. The summed E-state index contributed by atoms with van der Waals surface area (Å²) in [6.07, 6.45) is 1.97. The van der Waals surface area contributed by atoms with E-state index < -0.39 is 21.9 Å². The van der Waals surface area contributed by atoms with Crippen molar-refractivity contribution in [3.05, 3.63) is 65.5 Å². The molecule has 0 aromatic heterocycles. The summed E-state index contributed by atoms with van der Waals surface area (Å²) in [7, 11) is -3.85. The van der Waals surface area contributed by atoms with Crippen LogP contribution >= 0.6 is 0 Å². The van der Waals surface area contributed by atoms with Crippen LogP contribution in [0, 0.1) is 5.82 Å². The molecule has 1 aliphatic rings. The zero-order chi connectivity index (χ0) is 19.6. The maximum Gasteiger partial charge on any atom is 0.246 e. The van der Waals surface area contributed by atoms with Crippen molar-refractivity contribution in [2.45, 2.75) is 32.4 Å². The van der Waals surface area contributed by atoms with Crippen molar-refractivity contribution >= 4 is 21.6 Å². The third kappa shape index (κ3) is 3.98. The van der Waals surface area contributed by atoms with Gasteiger partial charge in [-0.1, -0.05) is 43.3 Å². The molecule has 2 aromatic carbocycles. The zero-order valence-corrected chi connectivity index (χ0v) is 16.2. The van der Waals surface area contributed by atoms with Crippen LogP contribution in [0.1, 0.15) is 24.5 Å². The standard InChI is InChI=1S/C20H23FN2O3S/c1-3-18(23(27(2,25)26)19-11-7-6-10-17(19)21)20(24)22-13-12-15-8-4-5-9-16(15)14-22/h4-11,18H,3,12-14H2,1-2H3. The number of amides is 1. The van der Waals surface area contributed by atoms with Crippen LogP contribution in [-0.4, -0.2) is 38.1 Å². The monoisotopic (exact) mass is 390 g/mol. The molecule has 0 N–H and O–H groups in total. The minimum Gasteiger partial charge on any atom is -0.336 e. The fraction of sp³-hybridized carbons (Fsp3) is 0.350. The summed E-state index contributed by atoms with van der Waals surface area (Å²) in [6.45, 7) is 2.68. The molecular weight excluding hydrogens is 367 g/mol. The number of carbonyl (C=O) groups is 1. The van der Waals surface area contributed by atoms with Crippen LogP contribution in [-0.2, 0) is 27.8 Å². The minimum absolute atomic E-state index is 0.0994. The number of benzene rings is 2. The Bertz CT molecular complexity index is 946. The average molecular weight is 390 g/mol. The molecular formula is C20H23FN2O3S. The van der Waals surface area contributed by atoms with Gasteiger partial charge in [-0.15, -0.1) is 0 Å². The van der Waals surface area contributed by atoms with Crippen molar-refractivity contribution in [2.75, 3.05) is 17.1 Å². The van der Waals surface area contributed by atoms with Crippen molar-refractivity contribution in [2.24, 2.45) is 0 Å². The molecule has 1 amide bonds. The summed E-state index contributed by atoms with van der Waals surface area (Å²) >= 11 is 0. The summed E-state index contributed by atoms with van der Waals surface area (Å²) in [5.74, 6) is -0.973. The minimum atomic E-state index is -3.85. The number of nitrogens with zero attached hydrogens (tertiary/aromatic N) is 2. The van der Waals surface area contributed by atoms with E-state index in [-0.39, 0.29) is 18.0 Å². The first-order valence-electron chi connectivity index (χ1n) is 8.92. The van der Waals surface area contributed by atoms with Crippen LogP contribution in [0.5, 0.6) is 0 Å². The molecule has 0 aliphatic carbocycles. The van der Waals surface area contributed by atoms with Crippen molar-refractivity contribution < 1.29 is 17.6 Å². The number of sulfonamides is 1. The quantitative estimate of drug-likeness (QED) is 0.789. The number of anilines is 1. The third-order valence-electron chi connectivity index (χ3n) is 4.84. The van der Waals surface area contributed by atoms with Gasteiger partial charge in [0.1, 0.15) is 11.9 Å². The lowest BCUT2D eigenvalue weighted by atomic mass is 9.99. The molecule has 27 heavy (non-hydrogen) atoms. The number of fused-ring (bicyclic) bond motifs is 1. The highest BCUT2D eigenvalue weighted by atomic mass is 32.2. The van der Waals surface area contributed by atoms with Gasteiger partial charge in [0.25, 0.3) is 0 Å². The topological polar surface area (TPSA) is 57.7 Å². The Morgan fingerprint density at radius 2 is 1.78 bits per heavy atom. The largest absolute Gasteiger partial charge is 0.336 e. The van der Waals surface area contributed by atoms with Gasteiger partial charge in [0.2, 0.25) is 15.9 Å². The van der Waals surface area contributed by atoms with Gasteiger partial charge >= 0.3 is 0 Å². The van der Waals surface area contributed by atoms with Gasteiger partial charge in [-0.2, -0.15) is 0 Å². The zero-order valence-electron chi connectivity index (χ0n) is 15.4. The number of para-hydroxylation sites is 1. The Morgan fingerprint density at radius 3 is 2.41 bits per heavy atom. The van der Waals surface area contributed by atoms with E-state index in [9.17, 15) is 17.6 Å². The Balaban J connectivity index is 1.94. The van der Waals surface area contributed by atoms with E-state index in [1.54, 1.807) is 17.9 Å². The SMILES string of the molecule is CCC(C(=O)N1CCc2ccccc2C1)N(c1ccccc1F)S(C)(=O)=O. The molecule has 7 heteroatoms. The molecule has 1 heterocycles. The average Bonchev–Trinajstić information content (AvgIpc) is 2.65. The first-order valence-corrected chi connectivity index (χ1v) is 10.8. The summed E-state index contributed by atoms with van der Waals surface area (Å²) in [4.78, 5) is 14.9. The number of hydrogen-bond donors (Lipinski definition) is 0. The van der Waals surface area contributed by atoms with Crippen LogP contribution < -0.4 is 4.31 Å². The van der Waals surface area contributed by atoms with Crippen molar-refractivity contribution in [1.82, 2.24) is 4.90 Å². The molecule has 0 spiro atoms. The van der Waals surface area contributed by atoms with Gasteiger partial charge in [0, 0.05) is 13.1 Å². The van der Waals surface area contributed by atoms with E-state index in [1.165, 1.54) is 23.8 Å². The Labute approximate surface area is 159 Å². The number of rotatable bonds is 5. The molecule has 3 rings (SSSR count). The van der Waals surface area contributed by atoms with E-state index in [0.29, 0.717) is 13.1 Å². The van der Waals surface area contributed by atoms with E-state index in [1.807, 2.05) is 24.3 Å². The smallest absolute Gasteiger partial charge is 0.246 e. The highest BCUT2D eigenvalue weighted by molar-refractivity contribution is 7.92. The molecule has 0 saturated heterocycles. The van der Waals surface area contributed by atoms with Gasteiger partial charge in [-0.3, -0.25) is 9.10 Å². The molecule has 5 nitrogen and oxygen atoms in total. The number of hydrogen-bond acceptors (Lipinski definition) is 3. The first-order chi connectivity index (χ1) is 12.8. The first kappa shape index (κ1) is 19.4. The lowest BCUT2D eigenvalue weighted by Gasteiger charge is -2.36. The second-order valence-electron chi connectivity index (χ2n) is 6.71. The lowest BCUT2D eigenvalue weighted by molar-refractivity contribution is -0.133. The Morgan fingerprint density at radius 1 is 1.15 bits per heavy atom. The normalized spacial score (nSPS) is 15.1. The summed E-state index contributed by atoms with van der Waals surface area (Å²) in [5.41, 5.74) is 2.16. The molecule has 1 atom stereocenters. The molecule has 1 unspecified atom stereocenters. The van der Waals surface area contributed by atoms with Gasteiger partial charge in [-0.05, 0) is 36.1 Å². The second kappa shape index (κ2) is 7.68. The Kier molecular flexibility index (Phi) is 5.51. The molecule has 0 bridgehead atoms. The van der Waals surface area contributed by atoms with Crippen LogP contribution in [0.2, 0.25) is 0 Å². The molecule has 144 valence electrons. The predicted octanol–water partition coefficient (Wildman–Crippen LogP) is 2.96. The number of halogens is 1. The van der Waals surface area contributed by atoms with Crippen molar-refractivity contribution in [3.63, 3.8) is 0 Å². The summed E-state index contributed by atoms with van der Waals surface area (Å²) in [5, 5.41) is 0. The highest BCUT2D eigenvalue weighted by Crippen LogP contribution is 2.27. The van der Waals surface area contributed by atoms with E-state index in [4.69, 9.17) is 0 Å². The van der Waals surface area contributed by atoms with E-state index >= 15 is 0 Å². The molecule has 0 fully saturated rings.